The lowest BCUT2D eigenvalue weighted by atomic mass is 9.95. The van der Waals surface area contributed by atoms with Crippen molar-refractivity contribution < 1.29 is 19.1 Å². The highest BCUT2D eigenvalue weighted by Gasteiger charge is 2.32. The van der Waals surface area contributed by atoms with E-state index >= 15 is 0 Å². The first-order valence-corrected chi connectivity index (χ1v) is 9.75. The van der Waals surface area contributed by atoms with Crippen LogP contribution < -0.4 is 15.4 Å². The van der Waals surface area contributed by atoms with Crippen molar-refractivity contribution in [2.45, 2.75) is 58.9 Å². The molecule has 1 aromatic rings. The number of nitrogens with one attached hydrogen (secondary N) is 2. The average Bonchev–Trinajstić information content (AvgIpc) is 2.64. The number of benzene rings is 1. The quantitative estimate of drug-likeness (QED) is 0.475. The van der Waals surface area contributed by atoms with E-state index in [1.165, 1.54) is 12.8 Å². The van der Waals surface area contributed by atoms with E-state index in [1.54, 1.807) is 6.92 Å². The molecule has 0 saturated carbocycles. The number of amides is 2. The third-order valence-electron chi connectivity index (χ3n) is 4.47. The Morgan fingerprint density at radius 3 is 2.67 bits per heavy atom. The van der Waals surface area contributed by atoms with E-state index in [-0.39, 0.29) is 6.03 Å². The van der Waals surface area contributed by atoms with Crippen LogP contribution in [0, 0.1) is 0 Å². The summed E-state index contributed by atoms with van der Waals surface area (Å²) in [6.07, 6.45) is 5.43. The van der Waals surface area contributed by atoms with Crippen molar-refractivity contribution in [3.63, 3.8) is 0 Å². The third-order valence-corrected chi connectivity index (χ3v) is 4.47. The number of carbonyl (C=O) groups excluding carboxylic acids is 2. The normalized spacial score (nSPS) is 16.6. The average molecular weight is 374 g/mol. The molecule has 148 valence electrons. The van der Waals surface area contributed by atoms with E-state index in [0.717, 1.165) is 24.8 Å². The molecule has 0 saturated heterocycles. The molecule has 2 N–H and O–H groups in total. The highest BCUT2D eigenvalue weighted by Crippen LogP contribution is 2.29. The summed E-state index contributed by atoms with van der Waals surface area (Å²) in [6, 6.07) is 6.50. The van der Waals surface area contributed by atoms with Crippen LogP contribution in [0.1, 0.15) is 64.5 Å². The zero-order valence-electron chi connectivity index (χ0n) is 16.5. The van der Waals surface area contributed by atoms with Gasteiger partial charge in [0.2, 0.25) is 0 Å². The molecule has 1 aromatic carbocycles. The van der Waals surface area contributed by atoms with Crippen LogP contribution in [0.15, 0.2) is 35.5 Å². The lowest BCUT2D eigenvalue weighted by Gasteiger charge is -2.28. The minimum Gasteiger partial charge on any atom is -0.494 e. The number of carbonyl (C=O) groups is 2. The molecule has 0 spiro atoms. The van der Waals surface area contributed by atoms with Gasteiger partial charge in [-0.2, -0.15) is 0 Å². The molecular formula is C21H30N2O4. The lowest BCUT2D eigenvalue weighted by Crippen LogP contribution is -2.45. The predicted octanol–water partition coefficient (Wildman–Crippen LogP) is 4.23. The summed E-state index contributed by atoms with van der Waals surface area (Å²) in [5.74, 6) is 0.298. The van der Waals surface area contributed by atoms with Crippen LogP contribution in [0.2, 0.25) is 0 Å². The van der Waals surface area contributed by atoms with Crippen molar-refractivity contribution in [1.29, 1.82) is 0 Å². The van der Waals surface area contributed by atoms with Crippen LogP contribution in [0.4, 0.5) is 4.79 Å². The van der Waals surface area contributed by atoms with Crippen molar-refractivity contribution in [1.82, 2.24) is 10.6 Å². The van der Waals surface area contributed by atoms with Gasteiger partial charge in [-0.15, -0.1) is 0 Å². The molecule has 0 aliphatic carbocycles. The first kappa shape index (κ1) is 20.8. The van der Waals surface area contributed by atoms with Gasteiger partial charge in [0, 0.05) is 5.70 Å². The van der Waals surface area contributed by atoms with E-state index in [2.05, 4.69) is 17.6 Å². The van der Waals surface area contributed by atoms with E-state index in [1.807, 2.05) is 31.2 Å². The maximum atomic E-state index is 12.7. The van der Waals surface area contributed by atoms with Crippen molar-refractivity contribution in [2.75, 3.05) is 13.2 Å². The number of ether oxygens (including phenoxy) is 2. The Bertz CT molecular complexity index is 685. The highest BCUT2D eigenvalue weighted by atomic mass is 16.5. The first-order chi connectivity index (χ1) is 13.1. The Morgan fingerprint density at radius 1 is 1.15 bits per heavy atom. The van der Waals surface area contributed by atoms with Crippen molar-refractivity contribution in [3.05, 3.63) is 41.1 Å². The monoisotopic (exact) mass is 374 g/mol. The summed E-state index contributed by atoms with van der Waals surface area (Å²) in [4.78, 5) is 24.7. The van der Waals surface area contributed by atoms with Gasteiger partial charge in [-0.05, 0) is 38.0 Å². The number of rotatable bonds is 10. The fourth-order valence-corrected chi connectivity index (χ4v) is 3.11. The van der Waals surface area contributed by atoms with Crippen LogP contribution in [0.5, 0.6) is 5.75 Å². The van der Waals surface area contributed by atoms with Gasteiger partial charge >= 0.3 is 12.0 Å². The second-order valence-corrected chi connectivity index (χ2v) is 6.63. The number of esters is 1. The number of hydrogen-bond acceptors (Lipinski definition) is 4. The zero-order valence-corrected chi connectivity index (χ0v) is 16.5. The Hall–Kier alpha value is -2.50. The summed E-state index contributed by atoms with van der Waals surface area (Å²) in [7, 11) is 0. The first-order valence-electron chi connectivity index (χ1n) is 9.75. The molecule has 1 heterocycles. The molecule has 1 atom stereocenters. The van der Waals surface area contributed by atoms with E-state index in [0.29, 0.717) is 30.2 Å². The Labute approximate surface area is 161 Å². The molecule has 0 unspecified atom stereocenters. The maximum absolute atomic E-state index is 12.7. The molecule has 0 radical (unpaired) electrons. The second kappa shape index (κ2) is 10.6. The second-order valence-electron chi connectivity index (χ2n) is 6.63. The maximum Gasteiger partial charge on any atom is 0.338 e. The fourth-order valence-electron chi connectivity index (χ4n) is 3.11. The third kappa shape index (κ3) is 6.01. The molecule has 1 aliphatic heterocycles. The summed E-state index contributed by atoms with van der Waals surface area (Å²) in [6.45, 7) is 6.73. The van der Waals surface area contributed by atoms with Crippen LogP contribution in [-0.2, 0) is 9.53 Å². The summed E-state index contributed by atoms with van der Waals surface area (Å²) < 4.78 is 11.0. The van der Waals surface area contributed by atoms with Crippen molar-refractivity contribution in [3.8, 4) is 5.75 Å². The molecule has 6 heteroatoms. The van der Waals surface area contributed by atoms with Crippen LogP contribution in [0.3, 0.4) is 0 Å². The molecule has 6 nitrogen and oxygen atoms in total. The van der Waals surface area contributed by atoms with Gasteiger partial charge in [-0.1, -0.05) is 44.7 Å². The summed E-state index contributed by atoms with van der Waals surface area (Å²) in [5, 5.41) is 5.48. The molecule has 0 fully saturated rings. The minimum atomic E-state index is -0.563. The minimum absolute atomic E-state index is 0.338. The van der Waals surface area contributed by atoms with Crippen LogP contribution in [-0.4, -0.2) is 25.2 Å². The standard InChI is InChI=1S/C21H30N2O4/c1-4-6-7-8-9-13-27-20(24)18-15(3)22-21(25)23-19(18)16-11-10-12-17(14-16)26-5-2/h10-12,14,19H,4-9,13H2,1-3H3,(H2,22,23,25)/t19-/m1/s1. The Balaban J connectivity index is 2.10. The smallest absolute Gasteiger partial charge is 0.338 e. The number of unbranched alkanes of at least 4 members (excludes halogenated alkanes) is 4. The number of urea groups is 1. The van der Waals surface area contributed by atoms with Crippen LogP contribution in [0.25, 0.3) is 0 Å². The molecule has 0 aromatic heterocycles. The SMILES string of the molecule is CCCCCCCOC(=O)C1=C(C)NC(=O)N[C@@H]1c1cccc(OCC)c1. The fraction of sp³-hybridized carbons (Fsp3) is 0.524. The molecule has 1 aliphatic rings. The van der Waals surface area contributed by atoms with Gasteiger partial charge in [-0.25, -0.2) is 9.59 Å². The van der Waals surface area contributed by atoms with E-state index in [4.69, 9.17) is 9.47 Å². The topological polar surface area (TPSA) is 76.7 Å². The Morgan fingerprint density at radius 2 is 1.93 bits per heavy atom. The molecule has 0 bridgehead atoms. The van der Waals surface area contributed by atoms with E-state index in [9.17, 15) is 9.59 Å². The lowest BCUT2D eigenvalue weighted by molar-refractivity contribution is -0.139. The van der Waals surface area contributed by atoms with Crippen molar-refractivity contribution >= 4 is 12.0 Å². The van der Waals surface area contributed by atoms with Crippen molar-refractivity contribution in [2.24, 2.45) is 0 Å². The van der Waals surface area contributed by atoms with Gasteiger partial charge in [-0.3, -0.25) is 0 Å². The molecule has 27 heavy (non-hydrogen) atoms. The van der Waals surface area contributed by atoms with Gasteiger partial charge in [0.05, 0.1) is 24.8 Å². The zero-order chi connectivity index (χ0) is 19.6. The largest absolute Gasteiger partial charge is 0.494 e. The van der Waals surface area contributed by atoms with E-state index < -0.39 is 12.0 Å². The molecule has 2 rings (SSSR count). The van der Waals surface area contributed by atoms with Crippen LogP contribution >= 0.6 is 0 Å². The van der Waals surface area contributed by atoms with Gasteiger partial charge in [0.15, 0.2) is 0 Å². The van der Waals surface area contributed by atoms with Gasteiger partial charge in [0.1, 0.15) is 5.75 Å². The Kier molecular flexibility index (Phi) is 8.17. The summed E-state index contributed by atoms with van der Waals surface area (Å²) in [5.41, 5.74) is 1.73. The van der Waals surface area contributed by atoms with Gasteiger partial charge < -0.3 is 20.1 Å². The number of allylic oxidation sites excluding steroid dienone is 1. The molecule has 2 amide bonds. The highest BCUT2D eigenvalue weighted by molar-refractivity contribution is 5.95. The molecular weight excluding hydrogens is 344 g/mol. The number of hydrogen-bond donors (Lipinski definition) is 2. The summed E-state index contributed by atoms with van der Waals surface area (Å²) >= 11 is 0. The van der Waals surface area contributed by atoms with Gasteiger partial charge in [0.25, 0.3) is 0 Å². The predicted molar refractivity (Wildman–Crippen MR) is 104 cm³/mol.